The van der Waals surface area contributed by atoms with Gasteiger partial charge in [-0.1, -0.05) is 47.5 Å². The van der Waals surface area contributed by atoms with Gasteiger partial charge in [-0.15, -0.1) is 0 Å². The van der Waals surface area contributed by atoms with E-state index in [0.717, 1.165) is 0 Å². The molecule has 1 saturated heterocycles. The van der Waals surface area contributed by atoms with Crippen molar-refractivity contribution in [2.24, 2.45) is 5.92 Å². The third kappa shape index (κ3) is 3.33. The second-order valence-electron chi connectivity index (χ2n) is 5.33. The van der Waals surface area contributed by atoms with Gasteiger partial charge in [-0.2, -0.15) is 0 Å². The van der Waals surface area contributed by atoms with E-state index < -0.39 is 5.92 Å². The lowest BCUT2D eigenvalue weighted by atomic mass is 10.1. The van der Waals surface area contributed by atoms with Gasteiger partial charge in [0.1, 0.15) is 0 Å². The second kappa shape index (κ2) is 6.60. The van der Waals surface area contributed by atoms with Gasteiger partial charge in [0.05, 0.1) is 27.3 Å². The molecule has 0 aliphatic carbocycles. The van der Waals surface area contributed by atoms with Gasteiger partial charge in [-0.3, -0.25) is 9.59 Å². The lowest BCUT2D eigenvalue weighted by Crippen LogP contribution is -2.28. The quantitative estimate of drug-likeness (QED) is 0.911. The van der Waals surface area contributed by atoms with Crippen LogP contribution in [0, 0.1) is 5.92 Å². The summed E-state index contributed by atoms with van der Waals surface area (Å²) >= 11 is 12.2. The van der Waals surface area contributed by atoms with Gasteiger partial charge in [-0.05, 0) is 24.3 Å². The third-order valence-electron chi connectivity index (χ3n) is 3.77. The van der Waals surface area contributed by atoms with Crippen molar-refractivity contribution in [1.82, 2.24) is 0 Å². The molecule has 118 valence electrons. The second-order valence-corrected chi connectivity index (χ2v) is 6.14. The molecule has 6 heteroatoms. The van der Waals surface area contributed by atoms with Crippen molar-refractivity contribution >= 4 is 46.4 Å². The Bertz CT molecular complexity index is 764. The standard InChI is InChI=1S/C17H14Cl2N2O2/c18-12-5-1-3-7-14(12)20-17(23)11-9-16(22)21(10-11)15-8-4-2-6-13(15)19/h1-8,11H,9-10H2,(H,20,23)/t11-/m0/s1. The van der Waals surface area contributed by atoms with E-state index in [1.165, 1.54) is 0 Å². The number of halogens is 2. The first kappa shape index (κ1) is 15.8. The molecule has 23 heavy (non-hydrogen) atoms. The largest absolute Gasteiger partial charge is 0.324 e. The third-order valence-corrected chi connectivity index (χ3v) is 4.42. The molecule has 1 N–H and O–H groups in total. The van der Waals surface area contributed by atoms with E-state index in [2.05, 4.69) is 5.32 Å². The Hall–Kier alpha value is -2.04. The molecule has 0 saturated carbocycles. The molecule has 1 aliphatic heterocycles. The molecule has 0 radical (unpaired) electrons. The highest BCUT2D eigenvalue weighted by molar-refractivity contribution is 6.34. The highest BCUT2D eigenvalue weighted by Gasteiger charge is 2.36. The van der Waals surface area contributed by atoms with Gasteiger partial charge in [0.15, 0.2) is 0 Å². The fourth-order valence-electron chi connectivity index (χ4n) is 2.58. The fraction of sp³-hybridized carbons (Fsp3) is 0.176. The molecule has 1 fully saturated rings. The molecule has 0 unspecified atom stereocenters. The van der Waals surface area contributed by atoms with Crippen molar-refractivity contribution < 1.29 is 9.59 Å². The number of anilines is 2. The number of carbonyl (C=O) groups excluding carboxylic acids is 2. The van der Waals surface area contributed by atoms with Crippen LogP contribution in [0.3, 0.4) is 0 Å². The number of nitrogens with zero attached hydrogens (tertiary/aromatic N) is 1. The van der Waals surface area contributed by atoms with E-state index in [1.54, 1.807) is 47.4 Å². The van der Waals surface area contributed by atoms with E-state index >= 15 is 0 Å². The zero-order chi connectivity index (χ0) is 16.4. The minimum atomic E-state index is -0.435. The summed E-state index contributed by atoms with van der Waals surface area (Å²) in [7, 11) is 0. The first-order valence-electron chi connectivity index (χ1n) is 7.16. The minimum absolute atomic E-state index is 0.114. The SMILES string of the molecule is O=C(Nc1ccccc1Cl)[C@H]1CC(=O)N(c2ccccc2Cl)C1. The molecule has 1 atom stereocenters. The number of para-hydroxylation sites is 2. The number of amides is 2. The Morgan fingerprint density at radius 2 is 1.70 bits per heavy atom. The Kier molecular flexibility index (Phi) is 4.55. The lowest BCUT2D eigenvalue weighted by molar-refractivity contribution is -0.122. The summed E-state index contributed by atoms with van der Waals surface area (Å²) in [5.41, 5.74) is 1.18. The molecule has 2 aromatic carbocycles. The number of carbonyl (C=O) groups is 2. The van der Waals surface area contributed by atoms with E-state index in [1.807, 2.05) is 6.07 Å². The Morgan fingerprint density at radius 1 is 1.04 bits per heavy atom. The Morgan fingerprint density at radius 3 is 2.39 bits per heavy atom. The average Bonchev–Trinajstić information content (AvgIpc) is 2.92. The molecule has 1 aliphatic rings. The van der Waals surface area contributed by atoms with Gasteiger partial charge in [0.25, 0.3) is 0 Å². The zero-order valence-electron chi connectivity index (χ0n) is 12.1. The van der Waals surface area contributed by atoms with Gasteiger partial charge in [-0.25, -0.2) is 0 Å². The van der Waals surface area contributed by atoms with Crippen LogP contribution < -0.4 is 10.2 Å². The van der Waals surface area contributed by atoms with Crippen molar-refractivity contribution in [2.45, 2.75) is 6.42 Å². The minimum Gasteiger partial charge on any atom is -0.324 e. The number of hydrogen-bond acceptors (Lipinski definition) is 2. The first-order valence-corrected chi connectivity index (χ1v) is 7.92. The predicted octanol–water partition coefficient (Wildman–Crippen LogP) is 3.99. The van der Waals surface area contributed by atoms with E-state index in [4.69, 9.17) is 23.2 Å². The summed E-state index contributed by atoms with van der Waals surface area (Å²) in [6.45, 7) is 0.304. The van der Waals surface area contributed by atoms with Crippen molar-refractivity contribution in [3.63, 3.8) is 0 Å². The predicted molar refractivity (Wildman–Crippen MR) is 92.0 cm³/mol. The highest BCUT2D eigenvalue weighted by atomic mass is 35.5. The van der Waals surface area contributed by atoms with Gasteiger partial charge < -0.3 is 10.2 Å². The molecule has 1 heterocycles. The summed E-state index contributed by atoms with van der Waals surface area (Å²) in [4.78, 5) is 26.2. The molecular weight excluding hydrogens is 335 g/mol. The Balaban J connectivity index is 1.74. The molecule has 4 nitrogen and oxygen atoms in total. The Labute approximate surface area is 144 Å². The van der Waals surface area contributed by atoms with Crippen molar-refractivity contribution in [3.05, 3.63) is 58.6 Å². The maximum Gasteiger partial charge on any atom is 0.229 e. The van der Waals surface area contributed by atoms with Crippen molar-refractivity contribution in [1.29, 1.82) is 0 Å². The van der Waals surface area contributed by atoms with Crippen LogP contribution in [-0.4, -0.2) is 18.4 Å². The molecule has 2 aromatic rings. The van der Waals surface area contributed by atoms with Crippen LogP contribution in [0.1, 0.15) is 6.42 Å². The van der Waals surface area contributed by atoms with E-state index in [-0.39, 0.29) is 18.2 Å². The maximum absolute atomic E-state index is 12.4. The van der Waals surface area contributed by atoms with Gasteiger partial charge in [0.2, 0.25) is 11.8 Å². The molecule has 3 rings (SSSR count). The number of benzene rings is 2. The maximum atomic E-state index is 12.4. The number of nitrogens with one attached hydrogen (secondary N) is 1. The van der Waals surface area contributed by atoms with Crippen LogP contribution >= 0.6 is 23.2 Å². The van der Waals surface area contributed by atoms with Crippen LogP contribution in [0.2, 0.25) is 10.0 Å². The monoisotopic (exact) mass is 348 g/mol. The topological polar surface area (TPSA) is 49.4 Å². The average molecular weight is 349 g/mol. The summed E-state index contributed by atoms with van der Waals surface area (Å²) in [5, 5.41) is 3.74. The van der Waals surface area contributed by atoms with E-state index in [9.17, 15) is 9.59 Å². The lowest BCUT2D eigenvalue weighted by Gasteiger charge is -2.18. The summed E-state index contributed by atoms with van der Waals surface area (Å²) < 4.78 is 0. The van der Waals surface area contributed by atoms with E-state index in [0.29, 0.717) is 28.0 Å². The van der Waals surface area contributed by atoms with Gasteiger partial charge in [0, 0.05) is 13.0 Å². The first-order chi connectivity index (χ1) is 11.1. The van der Waals surface area contributed by atoms with Crippen molar-refractivity contribution in [2.75, 3.05) is 16.8 Å². The van der Waals surface area contributed by atoms with Crippen LogP contribution in [0.4, 0.5) is 11.4 Å². The number of rotatable bonds is 3. The number of hydrogen-bond donors (Lipinski definition) is 1. The van der Waals surface area contributed by atoms with Crippen LogP contribution in [0.25, 0.3) is 0 Å². The highest BCUT2D eigenvalue weighted by Crippen LogP contribution is 2.31. The fourth-order valence-corrected chi connectivity index (χ4v) is 3.00. The molecular formula is C17H14Cl2N2O2. The summed E-state index contributed by atoms with van der Waals surface area (Å²) in [6.07, 6.45) is 0.154. The van der Waals surface area contributed by atoms with Gasteiger partial charge >= 0.3 is 0 Å². The van der Waals surface area contributed by atoms with Crippen LogP contribution in [0.15, 0.2) is 48.5 Å². The van der Waals surface area contributed by atoms with Crippen LogP contribution in [0.5, 0.6) is 0 Å². The zero-order valence-corrected chi connectivity index (χ0v) is 13.6. The normalized spacial score (nSPS) is 17.4. The smallest absolute Gasteiger partial charge is 0.229 e. The summed E-state index contributed by atoms with van der Waals surface area (Å²) in [6, 6.07) is 14.1. The molecule has 0 aromatic heterocycles. The molecule has 2 amide bonds. The van der Waals surface area contributed by atoms with Crippen LogP contribution in [-0.2, 0) is 9.59 Å². The molecule has 0 bridgehead atoms. The van der Waals surface area contributed by atoms with Crippen molar-refractivity contribution in [3.8, 4) is 0 Å². The summed E-state index contributed by atoms with van der Waals surface area (Å²) in [5.74, 6) is -0.770. The molecule has 0 spiro atoms.